The fourth-order valence-electron chi connectivity index (χ4n) is 15.8. The van der Waals surface area contributed by atoms with Crippen LogP contribution in [0.15, 0.2) is 17.8 Å². The molecule has 5 aliphatic carbocycles. The van der Waals surface area contributed by atoms with Crippen LogP contribution in [0.5, 0.6) is 0 Å². The van der Waals surface area contributed by atoms with Crippen LogP contribution < -0.4 is 5.32 Å². The summed E-state index contributed by atoms with van der Waals surface area (Å²) < 4.78 is 35.5. The van der Waals surface area contributed by atoms with Crippen LogP contribution in [0.1, 0.15) is 197 Å². The number of aromatic nitrogens is 3. The Morgan fingerprint density at radius 2 is 1.37 bits per heavy atom. The van der Waals surface area contributed by atoms with E-state index in [-0.39, 0.29) is 65.2 Å². The number of aliphatic hydroxyl groups is 1. The summed E-state index contributed by atoms with van der Waals surface area (Å²) in [7, 11) is 0. The molecular formula is C58H90N4O13. The maximum absolute atomic E-state index is 14.7. The summed E-state index contributed by atoms with van der Waals surface area (Å²) in [6.45, 7) is 22.2. The Morgan fingerprint density at radius 3 is 2.04 bits per heavy atom. The molecular weight excluding hydrogens is 961 g/mol. The average Bonchev–Trinajstić information content (AvgIpc) is 3.80. The molecule has 0 aromatic carbocycles. The number of carbonyl (C=O) groups is 6. The number of unbranched alkanes of at least 4 members (excludes halogenated alkanes) is 7. The number of hydrogen-bond acceptors (Lipinski definition) is 15. The van der Waals surface area contributed by atoms with E-state index in [0.717, 1.165) is 130 Å². The molecule has 4 saturated carbocycles. The molecule has 2 heterocycles. The maximum Gasteiger partial charge on any atom is 0.313 e. The Labute approximate surface area is 445 Å². The number of aryl methyl sites for hydroxylation is 1. The molecule has 17 nitrogen and oxygen atoms in total. The highest BCUT2D eigenvalue weighted by atomic mass is 16.7. The molecule has 0 unspecified atom stereocenters. The molecule has 15 atom stereocenters. The van der Waals surface area contributed by atoms with Gasteiger partial charge in [-0.05, 0) is 122 Å². The van der Waals surface area contributed by atoms with Gasteiger partial charge in [0.05, 0.1) is 17.7 Å². The molecule has 0 spiro atoms. The molecule has 1 aliphatic heterocycles. The smallest absolute Gasteiger partial charge is 0.313 e. The second-order valence-electron chi connectivity index (χ2n) is 25.0. The molecule has 7 rings (SSSR count). The molecule has 2 N–H and O–H groups in total. The Hall–Kier alpha value is -4.38. The first-order chi connectivity index (χ1) is 35.4. The summed E-state index contributed by atoms with van der Waals surface area (Å²) in [4.78, 5) is 75.7. The van der Waals surface area contributed by atoms with Crippen LogP contribution in [-0.4, -0.2) is 99.2 Å². The molecule has 17 heteroatoms. The van der Waals surface area contributed by atoms with Crippen LogP contribution in [0, 0.1) is 56.7 Å². The quantitative estimate of drug-likeness (QED) is 0.0538. The minimum Gasteiger partial charge on any atom is -0.463 e. The molecule has 420 valence electrons. The maximum atomic E-state index is 14.7. The highest BCUT2D eigenvalue weighted by molar-refractivity contribution is 5.79. The van der Waals surface area contributed by atoms with Crippen molar-refractivity contribution in [3.8, 4) is 0 Å². The molecule has 1 aromatic rings. The van der Waals surface area contributed by atoms with Crippen molar-refractivity contribution in [1.82, 2.24) is 20.3 Å². The minimum atomic E-state index is -1.35. The summed E-state index contributed by atoms with van der Waals surface area (Å²) in [5, 5.41) is 22.7. The SMILES string of the molecule is CC(=O)OC[C@H]1O[C@@H](NC(=O)CCCCCCCCCCn2cc(COC(=O)[C@]34CC[C@@H](C)[C@H](C)[C@H]3C3=CC[C@@H]5[C@@]6(C)CC[C@H](O)C(C)(C)[C@@H]6CC[C@@]5(C)[C@]3(C)CC4)nn2)[C@H](OC(C)=O)[C@@H](OC(C)=O)[C@@H]1OC(C)=O. The summed E-state index contributed by atoms with van der Waals surface area (Å²) in [5.74, 6) is -1.21. The van der Waals surface area contributed by atoms with Crippen molar-refractivity contribution >= 4 is 35.8 Å². The zero-order valence-electron chi connectivity index (χ0n) is 47.0. The lowest BCUT2D eigenvalue weighted by Crippen LogP contribution is -2.66. The predicted molar refractivity (Wildman–Crippen MR) is 276 cm³/mol. The van der Waals surface area contributed by atoms with Crippen LogP contribution in [0.2, 0.25) is 0 Å². The first kappa shape index (κ1) is 58.3. The number of nitrogens with zero attached hydrogens (tertiary/aromatic N) is 3. The van der Waals surface area contributed by atoms with E-state index in [2.05, 4.69) is 70.2 Å². The highest BCUT2D eigenvalue weighted by Crippen LogP contribution is 2.76. The standard InChI is InChI=1S/C58H90N4O13/c1-35-23-28-58(30-29-56(10)42(48(58)36(35)2)21-22-45-55(9)26-25-46(67)54(7,8)44(55)24-27-57(45,56)11)53(69)71-33-41-32-62(61-60-41)31-19-17-15-13-12-14-16-18-20-47(68)59-52-51(74-40(6)66)50(73-39(5)65)49(72-38(4)64)43(75-52)34-70-37(3)63/h21,32,35-36,43-46,48-52,67H,12-20,22-31,33-34H2,1-11H3,(H,59,68)/t35-,36+,43-,44+,45-,46+,48+,49-,50+,51-,52-,55+,56-,57-,58+/m1/s1. The van der Waals surface area contributed by atoms with Crippen molar-refractivity contribution < 1.29 is 62.3 Å². The second-order valence-corrected chi connectivity index (χ2v) is 25.0. The molecule has 0 radical (unpaired) electrons. The first-order valence-corrected chi connectivity index (χ1v) is 28.4. The molecule has 5 fully saturated rings. The minimum absolute atomic E-state index is 0.00436. The van der Waals surface area contributed by atoms with Crippen molar-refractivity contribution in [3.63, 3.8) is 0 Å². The number of esters is 5. The summed E-state index contributed by atoms with van der Waals surface area (Å²) in [6.07, 6.45) is 14.5. The molecule has 1 aromatic heterocycles. The van der Waals surface area contributed by atoms with Gasteiger partial charge in [0.15, 0.2) is 24.5 Å². The van der Waals surface area contributed by atoms with Crippen molar-refractivity contribution in [2.45, 2.75) is 242 Å². The monoisotopic (exact) mass is 1050 g/mol. The van der Waals surface area contributed by atoms with Gasteiger partial charge in [-0.3, -0.25) is 33.4 Å². The number of ether oxygens (including phenoxy) is 6. The summed E-state index contributed by atoms with van der Waals surface area (Å²) in [5.41, 5.74) is 1.87. The third kappa shape index (κ3) is 12.0. The number of rotatable bonds is 20. The van der Waals surface area contributed by atoms with Gasteiger partial charge in [0.1, 0.15) is 25.0 Å². The van der Waals surface area contributed by atoms with Crippen LogP contribution in [0.3, 0.4) is 0 Å². The van der Waals surface area contributed by atoms with Gasteiger partial charge in [-0.25, -0.2) is 0 Å². The Balaban J connectivity index is 0.840. The Bertz CT molecular complexity index is 2260. The van der Waals surface area contributed by atoms with Gasteiger partial charge in [-0.2, -0.15) is 0 Å². The third-order valence-corrected chi connectivity index (χ3v) is 20.1. The van der Waals surface area contributed by atoms with Gasteiger partial charge < -0.3 is 38.8 Å². The Morgan fingerprint density at radius 1 is 0.733 bits per heavy atom. The van der Waals surface area contributed by atoms with E-state index in [1.165, 1.54) is 12.5 Å². The predicted octanol–water partition coefficient (Wildman–Crippen LogP) is 9.05. The van der Waals surface area contributed by atoms with Gasteiger partial charge in [-0.15, -0.1) is 5.10 Å². The molecule has 0 bridgehead atoms. The van der Waals surface area contributed by atoms with Crippen LogP contribution in [-0.2, 0) is 70.3 Å². The summed E-state index contributed by atoms with van der Waals surface area (Å²) >= 11 is 0. The fraction of sp³-hybridized carbons (Fsp3) is 0.828. The number of carbonyl (C=O) groups excluding carboxylic acids is 6. The zero-order chi connectivity index (χ0) is 54.7. The topological polar surface area (TPSA) is 221 Å². The lowest BCUT2D eigenvalue weighted by Gasteiger charge is -2.71. The summed E-state index contributed by atoms with van der Waals surface area (Å²) in [6, 6.07) is 0. The highest BCUT2D eigenvalue weighted by Gasteiger charge is 2.70. The molecule has 1 saturated heterocycles. The largest absolute Gasteiger partial charge is 0.463 e. The molecule has 6 aliphatic rings. The number of nitrogens with one attached hydrogen (secondary N) is 1. The number of allylic oxidation sites excluding steroid dienone is 2. The first-order valence-electron chi connectivity index (χ1n) is 28.4. The molecule has 75 heavy (non-hydrogen) atoms. The number of hydrogen-bond donors (Lipinski definition) is 2. The van der Waals surface area contributed by atoms with Gasteiger partial charge in [-0.1, -0.05) is 104 Å². The lowest BCUT2D eigenvalue weighted by atomic mass is 9.33. The van der Waals surface area contributed by atoms with E-state index in [9.17, 15) is 33.9 Å². The van der Waals surface area contributed by atoms with E-state index in [0.29, 0.717) is 35.8 Å². The fourth-order valence-corrected chi connectivity index (χ4v) is 15.8. The normalized spacial score (nSPS) is 36.7. The number of aliphatic hydroxyl groups excluding tert-OH is 1. The van der Waals surface area contributed by atoms with Crippen molar-refractivity contribution in [1.29, 1.82) is 0 Å². The average molecular weight is 1050 g/mol. The number of amides is 1. The van der Waals surface area contributed by atoms with Crippen molar-refractivity contribution in [2.24, 2.45) is 56.7 Å². The van der Waals surface area contributed by atoms with Crippen LogP contribution in [0.4, 0.5) is 0 Å². The van der Waals surface area contributed by atoms with E-state index in [1.807, 2.05) is 10.9 Å². The van der Waals surface area contributed by atoms with Gasteiger partial charge in [0.25, 0.3) is 0 Å². The number of fused-ring (bicyclic) bond motifs is 7. The zero-order valence-corrected chi connectivity index (χ0v) is 47.0. The molecule has 1 amide bonds. The van der Waals surface area contributed by atoms with E-state index in [4.69, 9.17) is 28.4 Å². The van der Waals surface area contributed by atoms with E-state index >= 15 is 0 Å². The van der Waals surface area contributed by atoms with Crippen LogP contribution in [0.25, 0.3) is 0 Å². The van der Waals surface area contributed by atoms with Gasteiger partial charge in [0.2, 0.25) is 5.91 Å². The van der Waals surface area contributed by atoms with Crippen molar-refractivity contribution in [2.75, 3.05) is 6.61 Å². The lowest BCUT2D eigenvalue weighted by molar-refractivity contribution is -0.257. The van der Waals surface area contributed by atoms with E-state index < -0.39 is 59.9 Å². The van der Waals surface area contributed by atoms with Crippen molar-refractivity contribution in [3.05, 3.63) is 23.5 Å². The van der Waals surface area contributed by atoms with Gasteiger partial charge in [0, 0.05) is 40.7 Å². The van der Waals surface area contributed by atoms with Gasteiger partial charge >= 0.3 is 29.8 Å². The second kappa shape index (κ2) is 23.7. The Kier molecular flexibility index (Phi) is 18.4. The third-order valence-electron chi connectivity index (χ3n) is 20.1. The van der Waals surface area contributed by atoms with E-state index in [1.54, 1.807) is 0 Å². The van der Waals surface area contributed by atoms with Crippen LogP contribution >= 0.6 is 0 Å².